The summed E-state index contributed by atoms with van der Waals surface area (Å²) in [6.45, 7) is 5.59. The Morgan fingerprint density at radius 2 is 1.86 bits per heavy atom. The molecule has 22 heavy (non-hydrogen) atoms. The maximum absolute atomic E-state index is 2.58. The molecule has 0 N–H and O–H groups in total. The molecule has 0 saturated carbocycles. The first-order valence-electron chi connectivity index (χ1n) is 8.15. The number of pyridine rings is 1. The Kier molecular flexibility index (Phi) is 1.71. The van der Waals surface area contributed by atoms with Gasteiger partial charge in [0.15, 0.2) is 5.69 Å². The van der Waals surface area contributed by atoms with Gasteiger partial charge in [0.2, 0.25) is 0 Å². The van der Waals surface area contributed by atoms with Gasteiger partial charge < -0.3 is 0 Å². The zero-order valence-electron chi connectivity index (χ0n) is 12.9. The molecular weight excluding hydrogens is 268 g/mol. The highest BCUT2D eigenvalue weighted by Gasteiger charge is 2.35. The van der Waals surface area contributed by atoms with Crippen molar-refractivity contribution in [2.45, 2.75) is 33.2 Å². The van der Waals surface area contributed by atoms with Gasteiger partial charge in [-0.05, 0) is 18.9 Å². The molecular formula is C20H17N2+. The minimum atomic E-state index is 1.03. The van der Waals surface area contributed by atoms with E-state index in [0.717, 1.165) is 6.54 Å². The van der Waals surface area contributed by atoms with Gasteiger partial charge in [-0.15, -0.1) is 0 Å². The maximum Gasteiger partial charge on any atom is 0.295 e. The van der Waals surface area contributed by atoms with Gasteiger partial charge in [-0.2, -0.15) is 4.40 Å². The Hall–Kier alpha value is -2.35. The number of fused-ring (bicyclic) bond motifs is 1. The molecule has 0 spiro atoms. The summed E-state index contributed by atoms with van der Waals surface area (Å²) in [4.78, 5) is 0. The minimum absolute atomic E-state index is 1.03. The van der Waals surface area contributed by atoms with Crippen LogP contribution >= 0.6 is 0 Å². The lowest BCUT2D eigenvalue weighted by Crippen LogP contribution is -2.31. The summed E-state index contributed by atoms with van der Waals surface area (Å²) < 4.78 is 5.11. The van der Waals surface area contributed by atoms with E-state index >= 15 is 0 Å². The van der Waals surface area contributed by atoms with Crippen LogP contribution in [0.25, 0.3) is 27.3 Å². The quantitative estimate of drug-likeness (QED) is 0.304. The Labute approximate surface area is 128 Å². The van der Waals surface area contributed by atoms with Crippen LogP contribution in [0.5, 0.6) is 0 Å². The summed E-state index contributed by atoms with van der Waals surface area (Å²) in [6, 6.07) is 11.5. The first-order valence-corrected chi connectivity index (χ1v) is 8.15. The van der Waals surface area contributed by atoms with E-state index in [1.165, 1.54) is 68.2 Å². The van der Waals surface area contributed by atoms with Gasteiger partial charge in [0.25, 0.3) is 5.65 Å². The third kappa shape index (κ3) is 1.01. The normalized spacial score (nSPS) is 15.2. The SMILES string of the molecule is Cc1ccc2c3c1c1cccc4c1c1n(c(C)c([n+]31)CC2)C4. The van der Waals surface area contributed by atoms with Gasteiger partial charge in [0.1, 0.15) is 17.8 Å². The molecule has 0 atom stereocenters. The smallest absolute Gasteiger partial charge is 0.222 e. The molecule has 0 fully saturated rings. The predicted molar refractivity (Wildman–Crippen MR) is 88.6 cm³/mol. The molecule has 2 aromatic heterocycles. The molecule has 6 rings (SSSR count). The van der Waals surface area contributed by atoms with Gasteiger partial charge in [-0.1, -0.05) is 30.3 Å². The van der Waals surface area contributed by atoms with Crippen LogP contribution in [0.2, 0.25) is 0 Å². The zero-order valence-corrected chi connectivity index (χ0v) is 12.9. The highest BCUT2D eigenvalue weighted by molar-refractivity contribution is 6.13. The van der Waals surface area contributed by atoms with Crippen molar-refractivity contribution in [2.24, 2.45) is 0 Å². The molecule has 2 heteroatoms. The summed E-state index contributed by atoms with van der Waals surface area (Å²) in [5.41, 5.74) is 10.3. The van der Waals surface area contributed by atoms with Crippen LogP contribution < -0.4 is 4.40 Å². The third-order valence-corrected chi connectivity index (χ3v) is 5.86. The summed E-state index contributed by atoms with van der Waals surface area (Å²) in [6.07, 6.45) is 2.33. The monoisotopic (exact) mass is 285 g/mol. The molecule has 4 aromatic rings. The standard InChI is InChI=1S/C20H17N2/c1-11-6-7-13-8-9-16-12(2)21-10-14-4-3-5-15-17(11)19(13)22(16)20(21)18(14)15/h3-7H,8-10H2,1-2H3/q+1. The average Bonchev–Trinajstić information content (AvgIpc) is 3.04. The number of benzene rings is 2. The Balaban J connectivity index is 2.13. The summed E-state index contributed by atoms with van der Waals surface area (Å²) in [7, 11) is 0. The van der Waals surface area contributed by atoms with Crippen LogP contribution in [0.15, 0.2) is 30.3 Å². The highest BCUT2D eigenvalue weighted by Crippen LogP contribution is 2.39. The summed E-state index contributed by atoms with van der Waals surface area (Å²) in [5, 5.41) is 4.38. The molecule has 0 radical (unpaired) electrons. The lowest BCUT2D eigenvalue weighted by atomic mass is 9.93. The molecule has 2 aliphatic rings. The number of imidazole rings is 1. The van der Waals surface area contributed by atoms with Crippen LogP contribution in [0, 0.1) is 13.8 Å². The van der Waals surface area contributed by atoms with Crippen LogP contribution in [0.1, 0.15) is 28.1 Å². The van der Waals surface area contributed by atoms with E-state index in [-0.39, 0.29) is 0 Å². The fourth-order valence-corrected chi connectivity index (χ4v) is 4.86. The van der Waals surface area contributed by atoms with Gasteiger partial charge >= 0.3 is 0 Å². The molecule has 2 aromatic carbocycles. The predicted octanol–water partition coefficient (Wildman–Crippen LogP) is 3.61. The van der Waals surface area contributed by atoms with Crippen LogP contribution in [0.3, 0.4) is 0 Å². The molecule has 0 aliphatic carbocycles. The molecule has 2 aliphatic heterocycles. The van der Waals surface area contributed by atoms with Crippen LogP contribution in [-0.4, -0.2) is 4.57 Å². The second-order valence-electron chi connectivity index (χ2n) is 6.88. The third-order valence-electron chi connectivity index (χ3n) is 5.86. The van der Waals surface area contributed by atoms with E-state index in [9.17, 15) is 0 Å². The van der Waals surface area contributed by atoms with E-state index in [2.05, 4.69) is 53.1 Å². The Morgan fingerprint density at radius 3 is 2.77 bits per heavy atom. The fourth-order valence-electron chi connectivity index (χ4n) is 4.86. The summed E-state index contributed by atoms with van der Waals surface area (Å²) >= 11 is 0. The number of hydrogen-bond donors (Lipinski definition) is 0. The van der Waals surface area contributed by atoms with Crippen molar-refractivity contribution in [3.8, 4) is 0 Å². The summed E-state index contributed by atoms with van der Waals surface area (Å²) in [5.74, 6) is 0. The lowest BCUT2D eigenvalue weighted by Gasteiger charge is -2.15. The number of rotatable bonds is 0. The van der Waals surface area contributed by atoms with Gasteiger partial charge in [-0.3, -0.25) is 0 Å². The van der Waals surface area contributed by atoms with Crippen molar-refractivity contribution < 1.29 is 4.40 Å². The van der Waals surface area contributed by atoms with Crippen molar-refractivity contribution in [3.63, 3.8) is 0 Å². The Morgan fingerprint density at radius 1 is 0.955 bits per heavy atom. The molecule has 0 bridgehead atoms. The molecule has 0 amide bonds. The van der Waals surface area contributed by atoms with Crippen molar-refractivity contribution >= 4 is 27.3 Å². The largest absolute Gasteiger partial charge is 0.295 e. The number of aromatic nitrogens is 2. The second kappa shape index (κ2) is 3.35. The zero-order chi connectivity index (χ0) is 14.6. The molecule has 2 nitrogen and oxygen atoms in total. The second-order valence-corrected chi connectivity index (χ2v) is 6.88. The van der Waals surface area contributed by atoms with Gasteiger partial charge in [0.05, 0.1) is 5.39 Å². The maximum atomic E-state index is 2.58. The van der Waals surface area contributed by atoms with E-state index in [1.54, 1.807) is 0 Å². The van der Waals surface area contributed by atoms with Crippen molar-refractivity contribution in [3.05, 3.63) is 58.4 Å². The van der Waals surface area contributed by atoms with E-state index in [4.69, 9.17) is 0 Å². The number of nitrogens with zero attached hydrogens (tertiary/aromatic N) is 2. The topological polar surface area (TPSA) is 9.03 Å². The molecule has 0 unspecified atom stereocenters. The fraction of sp³-hybridized carbons (Fsp3) is 0.250. The number of aryl methyl sites for hydroxylation is 3. The first-order chi connectivity index (χ1) is 10.8. The van der Waals surface area contributed by atoms with Crippen LogP contribution in [0.4, 0.5) is 0 Å². The molecule has 106 valence electrons. The van der Waals surface area contributed by atoms with Crippen molar-refractivity contribution in [2.75, 3.05) is 0 Å². The van der Waals surface area contributed by atoms with Crippen molar-refractivity contribution in [1.82, 2.24) is 4.57 Å². The molecule has 4 heterocycles. The van der Waals surface area contributed by atoms with E-state index < -0.39 is 0 Å². The first kappa shape index (κ1) is 11.2. The van der Waals surface area contributed by atoms with Crippen LogP contribution in [-0.2, 0) is 19.4 Å². The lowest BCUT2D eigenvalue weighted by molar-refractivity contribution is -0.492. The number of hydrogen-bond acceptors (Lipinski definition) is 0. The van der Waals surface area contributed by atoms with E-state index in [1.807, 2.05) is 0 Å². The van der Waals surface area contributed by atoms with Crippen molar-refractivity contribution in [1.29, 1.82) is 0 Å². The highest BCUT2D eigenvalue weighted by atomic mass is 15.2. The van der Waals surface area contributed by atoms with Gasteiger partial charge in [0, 0.05) is 35.2 Å². The van der Waals surface area contributed by atoms with E-state index in [0.29, 0.717) is 0 Å². The van der Waals surface area contributed by atoms with Gasteiger partial charge in [-0.25, -0.2) is 4.57 Å². The Bertz CT molecular complexity index is 1160. The average molecular weight is 285 g/mol. The minimum Gasteiger partial charge on any atom is -0.222 e. The molecule has 0 saturated heterocycles.